The SMILES string of the molecule is CCNc1cccnc1S(=O)(=O)NCC1CC2CCC1C2. The molecule has 2 N–H and O–H groups in total. The average Bonchev–Trinajstić information content (AvgIpc) is 3.09. The van der Waals surface area contributed by atoms with E-state index < -0.39 is 10.0 Å². The third-order valence-electron chi connectivity index (χ3n) is 4.81. The highest BCUT2D eigenvalue weighted by atomic mass is 32.2. The molecular weight excluding hydrogens is 286 g/mol. The summed E-state index contributed by atoms with van der Waals surface area (Å²) in [6, 6.07) is 3.50. The number of pyridine rings is 1. The zero-order valence-corrected chi connectivity index (χ0v) is 13.2. The number of fused-ring (bicyclic) bond motifs is 2. The quantitative estimate of drug-likeness (QED) is 0.845. The Labute approximate surface area is 126 Å². The number of hydrogen-bond acceptors (Lipinski definition) is 4. The fourth-order valence-electron chi connectivity index (χ4n) is 3.84. The average molecular weight is 309 g/mol. The lowest BCUT2D eigenvalue weighted by atomic mass is 9.89. The molecule has 2 aliphatic rings. The van der Waals surface area contributed by atoms with E-state index in [0.29, 0.717) is 24.7 Å². The van der Waals surface area contributed by atoms with Crippen molar-refractivity contribution in [2.75, 3.05) is 18.4 Å². The van der Waals surface area contributed by atoms with E-state index in [4.69, 9.17) is 0 Å². The highest BCUT2D eigenvalue weighted by molar-refractivity contribution is 7.89. The first-order valence-electron chi connectivity index (χ1n) is 7.78. The van der Waals surface area contributed by atoms with Crippen molar-refractivity contribution in [2.45, 2.75) is 37.6 Å². The summed E-state index contributed by atoms with van der Waals surface area (Å²) in [6.07, 6.45) is 6.59. The first-order chi connectivity index (χ1) is 10.1. The van der Waals surface area contributed by atoms with Gasteiger partial charge in [0.25, 0.3) is 10.0 Å². The van der Waals surface area contributed by atoms with Gasteiger partial charge in [0.15, 0.2) is 5.03 Å². The lowest BCUT2D eigenvalue weighted by Gasteiger charge is -2.22. The Morgan fingerprint density at radius 3 is 2.86 bits per heavy atom. The van der Waals surface area contributed by atoms with Crippen LogP contribution in [-0.2, 0) is 10.0 Å². The van der Waals surface area contributed by atoms with Crippen molar-refractivity contribution >= 4 is 15.7 Å². The Kier molecular flexibility index (Phi) is 4.17. The number of hydrogen-bond donors (Lipinski definition) is 2. The van der Waals surface area contributed by atoms with E-state index in [1.54, 1.807) is 12.1 Å². The maximum atomic E-state index is 12.5. The van der Waals surface area contributed by atoms with Crippen molar-refractivity contribution in [3.05, 3.63) is 18.3 Å². The lowest BCUT2D eigenvalue weighted by molar-refractivity contribution is 0.332. The molecule has 0 aliphatic heterocycles. The highest BCUT2D eigenvalue weighted by Crippen LogP contribution is 2.48. The van der Waals surface area contributed by atoms with E-state index in [0.717, 1.165) is 11.8 Å². The maximum absolute atomic E-state index is 12.5. The van der Waals surface area contributed by atoms with Gasteiger partial charge in [0.1, 0.15) is 0 Å². The van der Waals surface area contributed by atoms with Gasteiger partial charge in [-0.3, -0.25) is 0 Å². The number of sulfonamides is 1. The summed E-state index contributed by atoms with van der Waals surface area (Å²) in [5.74, 6) is 2.05. The second-order valence-electron chi connectivity index (χ2n) is 6.17. The molecule has 1 heterocycles. The zero-order valence-electron chi connectivity index (χ0n) is 12.4. The fourth-order valence-corrected chi connectivity index (χ4v) is 5.04. The van der Waals surface area contributed by atoms with Gasteiger partial charge in [-0.05, 0) is 56.1 Å². The molecule has 2 aliphatic carbocycles. The summed E-state index contributed by atoms with van der Waals surface area (Å²) in [4.78, 5) is 4.05. The number of nitrogens with zero attached hydrogens (tertiary/aromatic N) is 1. The Bertz CT molecular complexity index is 603. The number of rotatable bonds is 6. The molecule has 2 fully saturated rings. The van der Waals surface area contributed by atoms with Crippen LogP contribution in [0.15, 0.2) is 23.4 Å². The number of aromatic nitrogens is 1. The van der Waals surface area contributed by atoms with E-state index in [1.807, 2.05) is 6.92 Å². The van der Waals surface area contributed by atoms with Crippen molar-refractivity contribution < 1.29 is 8.42 Å². The van der Waals surface area contributed by atoms with Crippen molar-refractivity contribution in [2.24, 2.45) is 17.8 Å². The van der Waals surface area contributed by atoms with Crippen molar-refractivity contribution in [3.8, 4) is 0 Å². The van der Waals surface area contributed by atoms with Crippen LogP contribution in [0.1, 0.15) is 32.6 Å². The van der Waals surface area contributed by atoms with Crippen LogP contribution in [0.2, 0.25) is 0 Å². The zero-order chi connectivity index (χ0) is 14.9. The minimum atomic E-state index is -3.54. The van der Waals surface area contributed by atoms with Crippen LogP contribution in [0.4, 0.5) is 5.69 Å². The topological polar surface area (TPSA) is 71.1 Å². The Morgan fingerprint density at radius 2 is 2.19 bits per heavy atom. The highest BCUT2D eigenvalue weighted by Gasteiger charge is 2.39. The second-order valence-corrected chi connectivity index (χ2v) is 7.86. The monoisotopic (exact) mass is 309 g/mol. The summed E-state index contributed by atoms with van der Waals surface area (Å²) in [7, 11) is -3.54. The fraction of sp³-hybridized carbons (Fsp3) is 0.667. The van der Waals surface area contributed by atoms with Crippen LogP contribution in [0, 0.1) is 17.8 Å². The Morgan fingerprint density at radius 1 is 1.33 bits per heavy atom. The van der Waals surface area contributed by atoms with Crippen LogP contribution in [0.3, 0.4) is 0 Å². The molecular formula is C15H23N3O2S. The molecule has 5 nitrogen and oxygen atoms in total. The van der Waals surface area contributed by atoms with Crippen LogP contribution >= 0.6 is 0 Å². The standard InChI is InChI=1S/C15H23N3O2S/c1-2-16-14-4-3-7-17-15(14)21(19,20)18-10-13-9-11-5-6-12(13)8-11/h3-4,7,11-13,16,18H,2,5-6,8-10H2,1H3. The summed E-state index contributed by atoms with van der Waals surface area (Å²) in [5, 5.41) is 3.16. The smallest absolute Gasteiger partial charge is 0.260 e. The van der Waals surface area contributed by atoms with E-state index in [1.165, 1.54) is 31.9 Å². The molecule has 0 spiro atoms. The van der Waals surface area contributed by atoms with Crippen molar-refractivity contribution in [1.82, 2.24) is 9.71 Å². The van der Waals surface area contributed by atoms with Gasteiger partial charge < -0.3 is 5.32 Å². The first kappa shape index (κ1) is 14.8. The molecule has 1 aromatic heterocycles. The molecule has 2 saturated carbocycles. The van der Waals surface area contributed by atoms with E-state index >= 15 is 0 Å². The van der Waals surface area contributed by atoms with Gasteiger partial charge in [-0.1, -0.05) is 6.42 Å². The van der Waals surface area contributed by atoms with Gasteiger partial charge in [-0.2, -0.15) is 0 Å². The summed E-state index contributed by atoms with van der Waals surface area (Å²) in [5.41, 5.74) is 0.570. The maximum Gasteiger partial charge on any atom is 0.260 e. The van der Waals surface area contributed by atoms with Crippen LogP contribution < -0.4 is 10.0 Å². The van der Waals surface area contributed by atoms with Gasteiger partial charge in [0.2, 0.25) is 0 Å². The lowest BCUT2D eigenvalue weighted by Crippen LogP contribution is -2.32. The molecule has 3 atom stereocenters. The largest absolute Gasteiger partial charge is 0.383 e. The molecule has 116 valence electrons. The van der Waals surface area contributed by atoms with Crippen LogP contribution in [-0.4, -0.2) is 26.5 Å². The van der Waals surface area contributed by atoms with E-state index in [-0.39, 0.29) is 5.03 Å². The second kappa shape index (κ2) is 5.93. The Hall–Kier alpha value is -1.14. The van der Waals surface area contributed by atoms with Crippen LogP contribution in [0.5, 0.6) is 0 Å². The predicted octanol–water partition coefficient (Wildman–Crippen LogP) is 2.23. The van der Waals surface area contributed by atoms with Gasteiger partial charge >= 0.3 is 0 Å². The molecule has 0 saturated heterocycles. The molecule has 0 radical (unpaired) electrons. The normalized spacial score (nSPS) is 28.0. The molecule has 3 unspecified atom stereocenters. The molecule has 6 heteroatoms. The molecule has 21 heavy (non-hydrogen) atoms. The predicted molar refractivity (Wildman–Crippen MR) is 82.5 cm³/mol. The van der Waals surface area contributed by atoms with Gasteiger partial charge in [0, 0.05) is 19.3 Å². The molecule has 2 bridgehead atoms. The number of nitrogens with one attached hydrogen (secondary N) is 2. The van der Waals surface area contributed by atoms with Crippen molar-refractivity contribution in [1.29, 1.82) is 0 Å². The molecule has 0 amide bonds. The van der Waals surface area contributed by atoms with E-state index in [9.17, 15) is 8.42 Å². The molecule has 1 aromatic rings. The number of anilines is 1. The summed E-state index contributed by atoms with van der Waals surface area (Å²) >= 11 is 0. The minimum absolute atomic E-state index is 0.106. The van der Waals surface area contributed by atoms with Gasteiger partial charge in [-0.25, -0.2) is 18.1 Å². The van der Waals surface area contributed by atoms with Crippen LogP contribution in [0.25, 0.3) is 0 Å². The summed E-state index contributed by atoms with van der Waals surface area (Å²) < 4.78 is 27.7. The third-order valence-corrected chi connectivity index (χ3v) is 6.19. The molecule has 0 aromatic carbocycles. The van der Waals surface area contributed by atoms with Gasteiger partial charge in [-0.15, -0.1) is 0 Å². The minimum Gasteiger partial charge on any atom is -0.383 e. The van der Waals surface area contributed by atoms with Gasteiger partial charge in [0.05, 0.1) is 5.69 Å². The van der Waals surface area contributed by atoms with Crippen molar-refractivity contribution in [3.63, 3.8) is 0 Å². The molecule has 3 rings (SSSR count). The first-order valence-corrected chi connectivity index (χ1v) is 9.27. The summed E-state index contributed by atoms with van der Waals surface area (Å²) in [6.45, 7) is 3.15. The van der Waals surface area contributed by atoms with E-state index in [2.05, 4.69) is 15.0 Å². The Balaban J connectivity index is 1.69. The third kappa shape index (κ3) is 3.06.